The van der Waals surface area contributed by atoms with Gasteiger partial charge in [-0.25, -0.2) is 4.79 Å². The normalized spacial score (nSPS) is 10.2. The molecule has 0 aliphatic rings. The van der Waals surface area contributed by atoms with E-state index in [1.54, 1.807) is 13.0 Å². The zero-order valence-electron chi connectivity index (χ0n) is 9.27. The van der Waals surface area contributed by atoms with Gasteiger partial charge in [0, 0.05) is 5.56 Å². The van der Waals surface area contributed by atoms with Gasteiger partial charge in [0.1, 0.15) is 0 Å². The van der Waals surface area contributed by atoms with Gasteiger partial charge in [0.2, 0.25) is 0 Å². The second-order valence-electron chi connectivity index (χ2n) is 3.79. The zero-order chi connectivity index (χ0) is 12.4. The zero-order valence-corrected chi connectivity index (χ0v) is 10.0. The maximum atomic E-state index is 11.1. The van der Waals surface area contributed by atoms with E-state index in [0.717, 1.165) is 11.1 Å². The van der Waals surface area contributed by atoms with Gasteiger partial charge in [-0.15, -0.1) is 0 Å². The predicted octanol–water partition coefficient (Wildman–Crippen LogP) is 4.01. The lowest BCUT2D eigenvalue weighted by molar-refractivity contribution is 0.0696. The molecule has 0 radical (unpaired) electrons. The Hall–Kier alpha value is -1.80. The highest BCUT2D eigenvalue weighted by Crippen LogP contribution is 2.32. The molecular formula is C14H11ClO2. The summed E-state index contributed by atoms with van der Waals surface area (Å²) in [5.74, 6) is -0.995. The average Bonchev–Trinajstić information content (AvgIpc) is 2.30. The Morgan fingerprint density at radius 2 is 1.76 bits per heavy atom. The standard InChI is InChI=1S/C14H11ClO2/c1-9-7-8-11(10-5-3-2-4-6-10)13(15)12(9)14(16)17/h2-8H,1H3,(H,16,17). The molecular weight excluding hydrogens is 236 g/mol. The monoisotopic (exact) mass is 246 g/mol. The largest absolute Gasteiger partial charge is 0.478 e. The molecule has 0 spiro atoms. The first kappa shape index (κ1) is 11.7. The van der Waals surface area contributed by atoms with Crippen molar-refractivity contribution in [3.05, 3.63) is 58.6 Å². The molecule has 0 bridgehead atoms. The molecule has 0 saturated heterocycles. The predicted molar refractivity (Wildman–Crippen MR) is 68.6 cm³/mol. The summed E-state index contributed by atoms with van der Waals surface area (Å²) in [4.78, 5) is 11.1. The van der Waals surface area contributed by atoms with Gasteiger partial charge in [-0.2, -0.15) is 0 Å². The molecule has 1 N–H and O–H groups in total. The van der Waals surface area contributed by atoms with Crippen molar-refractivity contribution >= 4 is 17.6 Å². The van der Waals surface area contributed by atoms with Crippen molar-refractivity contribution in [2.75, 3.05) is 0 Å². The first-order valence-electron chi connectivity index (χ1n) is 5.19. The maximum Gasteiger partial charge on any atom is 0.337 e. The number of hydrogen-bond donors (Lipinski definition) is 1. The Bertz CT molecular complexity index is 562. The van der Waals surface area contributed by atoms with Gasteiger partial charge in [0.25, 0.3) is 0 Å². The van der Waals surface area contributed by atoms with Crippen LogP contribution >= 0.6 is 11.6 Å². The van der Waals surface area contributed by atoms with E-state index >= 15 is 0 Å². The number of aryl methyl sites for hydroxylation is 1. The molecule has 0 atom stereocenters. The third-order valence-corrected chi connectivity index (χ3v) is 3.04. The highest BCUT2D eigenvalue weighted by molar-refractivity contribution is 6.36. The van der Waals surface area contributed by atoms with Crippen molar-refractivity contribution in [2.24, 2.45) is 0 Å². The van der Waals surface area contributed by atoms with Crippen LogP contribution < -0.4 is 0 Å². The van der Waals surface area contributed by atoms with Gasteiger partial charge in [0.15, 0.2) is 0 Å². The Morgan fingerprint density at radius 3 is 2.35 bits per heavy atom. The van der Waals surface area contributed by atoms with Crippen LogP contribution in [0.5, 0.6) is 0 Å². The summed E-state index contributed by atoms with van der Waals surface area (Å²) in [6.45, 7) is 1.74. The topological polar surface area (TPSA) is 37.3 Å². The lowest BCUT2D eigenvalue weighted by Gasteiger charge is -2.09. The van der Waals surface area contributed by atoms with Crippen LogP contribution in [-0.2, 0) is 0 Å². The van der Waals surface area contributed by atoms with Gasteiger partial charge in [0.05, 0.1) is 10.6 Å². The molecule has 0 aliphatic heterocycles. The van der Waals surface area contributed by atoms with Crippen LogP contribution in [0.15, 0.2) is 42.5 Å². The van der Waals surface area contributed by atoms with E-state index in [0.29, 0.717) is 10.6 Å². The summed E-state index contributed by atoms with van der Waals surface area (Å²) < 4.78 is 0. The second-order valence-corrected chi connectivity index (χ2v) is 4.17. The molecule has 0 saturated carbocycles. The Morgan fingerprint density at radius 1 is 1.12 bits per heavy atom. The highest BCUT2D eigenvalue weighted by Gasteiger charge is 2.16. The minimum Gasteiger partial charge on any atom is -0.478 e. The molecule has 2 nitrogen and oxygen atoms in total. The fourth-order valence-corrected chi connectivity index (χ4v) is 2.18. The molecule has 3 heteroatoms. The minimum absolute atomic E-state index is 0.174. The van der Waals surface area contributed by atoms with Crippen molar-refractivity contribution in [1.82, 2.24) is 0 Å². The fraction of sp³-hybridized carbons (Fsp3) is 0.0714. The van der Waals surface area contributed by atoms with Crippen LogP contribution in [0.1, 0.15) is 15.9 Å². The average molecular weight is 247 g/mol. The number of benzene rings is 2. The van der Waals surface area contributed by atoms with Crippen LogP contribution in [-0.4, -0.2) is 11.1 Å². The molecule has 0 amide bonds. The van der Waals surface area contributed by atoms with Gasteiger partial charge in [-0.3, -0.25) is 0 Å². The molecule has 2 rings (SSSR count). The third kappa shape index (κ3) is 2.17. The van der Waals surface area contributed by atoms with E-state index < -0.39 is 5.97 Å². The van der Waals surface area contributed by atoms with Gasteiger partial charge < -0.3 is 5.11 Å². The Kier molecular flexibility index (Phi) is 3.16. The third-order valence-electron chi connectivity index (χ3n) is 2.65. The van der Waals surface area contributed by atoms with Gasteiger partial charge in [-0.1, -0.05) is 54.1 Å². The Labute approximate surface area is 104 Å². The fourth-order valence-electron chi connectivity index (χ4n) is 1.78. The summed E-state index contributed by atoms with van der Waals surface area (Å²) in [5.41, 5.74) is 2.51. The molecule has 0 unspecified atom stereocenters. The second kappa shape index (κ2) is 4.60. The van der Waals surface area contributed by atoms with E-state index in [4.69, 9.17) is 16.7 Å². The summed E-state index contributed by atoms with van der Waals surface area (Å²) in [7, 11) is 0. The van der Waals surface area contributed by atoms with Crippen LogP contribution in [0.25, 0.3) is 11.1 Å². The van der Waals surface area contributed by atoms with Gasteiger partial charge >= 0.3 is 5.97 Å². The Balaban J connectivity index is 2.66. The number of carboxylic acid groups (broad SMARTS) is 1. The van der Waals surface area contributed by atoms with Crippen LogP contribution in [0.2, 0.25) is 5.02 Å². The van der Waals surface area contributed by atoms with Crippen molar-refractivity contribution in [3.8, 4) is 11.1 Å². The number of hydrogen-bond acceptors (Lipinski definition) is 1. The number of halogens is 1. The molecule has 0 aromatic heterocycles. The van der Waals surface area contributed by atoms with E-state index in [1.165, 1.54) is 0 Å². The first-order valence-corrected chi connectivity index (χ1v) is 5.57. The summed E-state index contributed by atoms with van der Waals surface area (Å²) in [6, 6.07) is 13.1. The van der Waals surface area contributed by atoms with Crippen molar-refractivity contribution in [3.63, 3.8) is 0 Å². The van der Waals surface area contributed by atoms with E-state index in [9.17, 15) is 4.79 Å². The maximum absolute atomic E-state index is 11.1. The van der Waals surface area contributed by atoms with Crippen LogP contribution in [0.3, 0.4) is 0 Å². The van der Waals surface area contributed by atoms with Gasteiger partial charge in [-0.05, 0) is 18.1 Å². The highest BCUT2D eigenvalue weighted by atomic mass is 35.5. The molecule has 2 aromatic carbocycles. The molecule has 2 aromatic rings. The van der Waals surface area contributed by atoms with Crippen molar-refractivity contribution < 1.29 is 9.90 Å². The van der Waals surface area contributed by atoms with Crippen LogP contribution in [0, 0.1) is 6.92 Å². The number of aromatic carboxylic acids is 1. The number of rotatable bonds is 2. The minimum atomic E-state index is -0.995. The SMILES string of the molecule is Cc1ccc(-c2ccccc2)c(Cl)c1C(=O)O. The van der Waals surface area contributed by atoms with Crippen molar-refractivity contribution in [1.29, 1.82) is 0 Å². The summed E-state index contributed by atoms with van der Waals surface area (Å²) >= 11 is 6.16. The molecule has 17 heavy (non-hydrogen) atoms. The molecule has 0 fully saturated rings. The number of carboxylic acids is 1. The number of carbonyl (C=O) groups is 1. The summed E-state index contributed by atoms with van der Waals surface area (Å²) in [6.07, 6.45) is 0. The summed E-state index contributed by atoms with van der Waals surface area (Å²) in [5, 5.41) is 9.43. The van der Waals surface area contributed by atoms with E-state index in [-0.39, 0.29) is 5.56 Å². The molecule has 0 heterocycles. The van der Waals surface area contributed by atoms with E-state index in [2.05, 4.69) is 0 Å². The molecule has 86 valence electrons. The van der Waals surface area contributed by atoms with Crippen molar-refractivity contribution in [2.45, 2.75) is 6.92 Å². The molecule has 0 aliphatic carbocycles. The lowest BCUT2D eigenvalue weighted by atomic mass is 9.99. The first-order chi connectivity index (χ1) is 8.11. The lowest BCUT2D eigenvalue weighted by Crippen LogP contribution is -2.01. The quantitative estimate of drug-likeness (QED) is 0.869. The smallest absolute Gasteiger partial charge is 0.337 e. The van der Waals surface area contributed by atoms with Crippen LogP contribution in [0.4, 0.5) is 0 Å². The van der Waals surface area contributed by atoms with E-state index in [1.807, 2.05) is 36.4 Å².